The highest BCUT2D eigenvalue weighted by atomic mass is 32.1. The van der Waals surface area contributed by atoms with Gasteiger partial charge in [0, 0.05) is 23.5 Å². The van der Waals surface area contributed by atoms with Crippen LogP contribution in [-0.2, 0) is 4.74 Å². The molecule has 0 bridgehead atoms. The number of ether oxygens (including phenoxy) is 2. The topological polar surface area (TPSA) is 21.7 Å². The van der Waals surface area contributed by atoms with E-state index in [1.807, 2.05) is 23.5 Å². The second kappa shape index (κ2) is 5.85. The van der Waals surface area contributed by atoms with Crippen LogP contribution in [0.3, 0.4) is 0 Å². The zero-order valence-electron chi connectivity index (χ0n) is 11.9. The molecule has 1 aromatic carbocycles. The summed E-state index contributed by atoms with van der Waals surface area (Å²) < 4.78 is 10.7. The molecule has 1 fully saturated rings. The highest BCUT2D eigenvalue weighted by Gasteiger charge is 2.18. The van der Waals surface area contributed by atoms with E-state index in [0.29, 0.717) is 0 Å². The molecule has 3 nitrogen and oxygen atoms in total. The minimum atomic E-state index is 0.818. The van der Waals surface area contributed by atoms with E-state index >= 15 is 0 Å². The Bertz CT molecular complexity index is 571. The fraction of sp³-hybridized carbons (Fsp3) is 0.375. The number of morpholine rings is 1. The lowest BCUT2D eigenvalue weighted by Crippen LogP contribution is -2.35. The Kier molecular flexibility index (Phi) is 3.94. The van der Waals surface area contributed by atoms with Gasteiger partial charge in [-0.3, -0.25) is 0 Å². The molecule has 20 heavy (non-hydrogen) atoms. The molecule has 1 aromatic heterocycles. The van der Waals surface area contributed by atoms with Crippen LogP contribution in [0.2, 0.25) is 0 Å². The van der Waals surface area contributed by atoms with Crippen molar-refractivity contribution in [3.8, 4) is 16.9 Å². The van der Waals surface area contributed by atoms with Crippen LogP contribution in [0.5, 0.6) is 5.75 Å². The van der Waals surface area contributed by atoms with E-state index in [0.717, 1.165) is 32.1 Å². The van der Waals surface area contributed by atoms with Crippen LogP contribution in [0.4, 0.5) is 5.00 Å². The summed E-state index contributed by atoms with van der Waals surface area (Å²) in [5.74, 6) is 0.897. The van der Waals surface area contributed by atoms with Crippen molar-refractivity contribution in [1.82, 2.24) is 0 Å². The Morgan fingerprint density at radius 2 is 1.85 bits per heavy atom. The molecular formula is C16H19NO2S. The number of hydrogen-bond donors (Lipinski definition) is 0. The summed E-state index contributed by atoms with van der Waals surface area (Å²) in [6, 6.07) is 10.6. The normalized spacial score (nSPS) is 15.4. The molecule has 0 saturated carbocycles. The lowest BCUT2D eigenvalue weighted by atomic mass is 10.1. The molecule has 0 amide bonds. The van der Waals surface area contributed by atoms with Gasteiger partial charge >= 0.3 is 0 Å². The molecule has 0 unspecified atom stereocenters. The molecule has 4 heteroatoms. The molecule has 1 aliphatic heterocycles. The number of anilines is 1. The van der Waals surface area contributed by atoms with E-state index < -0.39 is 0 Å². The SMILES string of the molecule is COc1ccc(-c2cc(C)sc2N2CCOCC2)cc1. The van der Waals surface area contributed by atoms with Crippen molar-refractivity contribution >= 4 is 16.3 Å². The highest BCUT2D eigenvalue weighted by molar-refractivity contribution is 7.16. The van der Waals surface area contributed by atoms with Crippen LogP contribution >= 0.6 is 11.3 Å². The Labute approximate surface area is 123 Å². The smallest absolute Gasteiger partial charge is 0.118 e. The summed E-state index contributed by atoms with van der Waals surface area (Å²) in [4.78, 5) is 3.78. The van der Waals surface area contributed by atoms with Gasteiger partial charge in [-0.25, -0.2) is 0 Å². The molecule has 0 spiro atoms. The first-order chi connectivity index (χ1) is 9.78. The zero-order valence-corrected chi connectivity index (χ0v) is 12.7. The fourth-order valence-corrected chi connectivity index (χ4v) is 3.56. The molecule has 0 radical (unpaired) electrons. The average Bonchev–Trinajstić information content (AvgIpc) is 2.90. The van der Waals surface area contributed by atoms with Gasteiger partial charge in [0.25, 0.3) is 0 Å². The Morgan fingerprint density at radius 1 is 1.15 bits per heavy atom. The third kappa shape index (κ3) is 2.67. The standard InChI is InChI=1S/C16H19NO2S/c1-12-11-15(13-3-5-14(18-2)6-4-13)16(20-12)17-7-9-19-10-8-17/h3-6,11H,7-10H2,1-2H3. The summed E-state index contributed by atoms with van der Waals surface area (Å²) in [5, 5.41) is 1.36. The second-order valence-corrected chi connectivity index (χ2v) is 6.14. The third-order valence-electron chi connectivity index (χ3n) is 3.53. The maximum atomic E-state index is 5.45. The summed E-state index contributed by atoms with van der Waals surface area (Å²) in [5.41, 5.74) is 2.56. The first-order valence-corrected chi connectivity index (χ1v) is 7.67. The van der Waals surface area contributed by atoms with Crippen LogP contribution < -0.4 is 9.64 Å². The van der Waals surface area contributed by atoms with Gasteiger partial charge in [0.1, 0.15) is 5.75 Å². The third-order valence-corrected chi connectivity index (χ3v) is 4.65. The van der Waals surface area contributed by atoms with Crippen molar-refractivity contribution in [2.45, 2.75) is 6.92 Å². The van der Waals surface area contributed by atoms with E-state index in [9.17, 15) is 0 Å². The summed E-state index contributed by atoms with van der Waals surface area (Å²) in [6.07, 6.45) is 0. The van der Waals surface area contributed by atoms with E-state index in [2.05, 4.69) is 30.0 Å². The van der Waals surface area contributed by atoms with E-state index in [-0.39, 0.29) is 0 Å². The van der Waals surface area contributed by atoms with Gasteiger partial charge in [-0.15, -0.1) is 11.3 Å². The Balaban J connectivity index is 1.95. The number of aryl methyl sites for hydroxylation is 1. The maximum Gasteiger partial charge on any atom is 0.118 e. The molecular weight excluding hydrogens is 270 g/mol. The van der Waals surface area contributed by atoms with Gasteiger partial charge in [-0.1, -0.05) is 12.1 Å². The predicted octanol–water partition coefficient (Wildman–Crippen LogP) is 3.57. The number of benzene rings is 1. The van der Waals surface area contributed by atoms with Gasteiger partial charge in [0.2, 0.25) is 0 Å². The van der Waals surface area contributed by atoms with Crippen molar-refractivity contribution in [2.75, 3.05) is 38.3 Å². The van der Waals surface area contributed by atoms with E-state index in [4.69, 9.17) is 9.47 Å². The van der Waals surface area contributed by atoms with Crippen LogP contribution in [0.25, 0.3) is 11.1 Å². The van der Waals surface area contributed by atoms with Crippen molar-refractivity contribution < 1.29 is 9.47 Å². The first-order valence-electron chi connectivity index (χ1n) is 6.85. The highest BCUT2D eigenvalue weighted by Crippen LogP contribution is 2.39. The number of methoxy groups -OCH3 is 1. The summed E-state index contributed by atoms with van der Waals surface area (Å²) in [6.45, 7) is 5.76. The lowest BCUT2D eigenvalue weighted by molar-refractivity contribution is 0.123. The van der Waals surface area contributed by atoms with Gasteiger partial charge in [-0.05, 0) is 30.7 Å². The van der Waals surface area contributed by atoms with Crippen molar-refractivity contribution in [1.29, 1.82) is 0 Å². The average molecular weight is 289 g/mol. The zero-order chi connectivity index (χ0) is 13.9. The minimum Gasteiger partial charge on any atom is -0.497 e. The molecule has 1 saturated heterocycles. The minimum absolute atomic E-state index is 0.818. The number of rotatable bonds is 3. The molecule has 2 heterocycles. The lowest BCUT2D eigenvalue weighted by Gasteiger charge is -2.28. The number of thiophene rings is 1. The molecule has 2 aromatic rings. The van der Waals surface area contributed by atoms with Crippen LogP contribution in [0, 0.1) is 6.92 Å². The summed E-state index contributed by atoms with van der Waals surface area (Å²) in [7, 11) is 1.70. The quantitative estimate of drug-likeness (QED) is 0.862. The predicted molar refractivity (Wildman–Crippen MR) is 84.1 cm³/mol. The Morgan fingerprint density at radius 3 is 2.50 bits per heavy atom. The number of hydrogen-bond acceptors (Lipinski definition) is 4. The molecule has 0 atom stereocenters. The summed E-state index contributed by atoms with van der Waals surface area (Å²) >= 11 is 1.86. The van der Waals surface area contributed by atoms with Crippen LogP contribution in [0.15, 0.2) is 30.3 Å². The van der Waals surface area contributed by atoms with Gasteiger partial charge in [0.05, 0.1) is 25.3 Å². The number of nitrogens with zero attached hydrogens (tertiary/aromatic N) is 1. The largest absolute Gasteiger partial charge is 0.497 e. The van der Waals surface area contributed by atoms with Crippen molar-refractivity contribution in [2.24, 2.45) is 0 Å². The van der Waals surface area contributed by atoms with E-state index in [1.165, 1.54) is 21.0 Å². The van der Waals surface area contributed by atoms with Crippen LogP contribution in [0.1, 0.15) is 4.88 Å². The van der Waals surface area contributed by atoms with Crippen molar-refractivity contribution in [3.63, 3.8) is 0 Å². The van der Waals surface area contributed by atoms with Gasteiger partial charge < -0.3 is 14.4 Å². The molecule has 3 rings (SSSR count). The molecule has 0 aliphatic carbocycles. The monoisotopic (exact) mass is 289 g/mol. The second-order valence-electron chi connectivity index (χ2n) is 4.90. The molecule has 1 aliphatic rings. The first kappa shape index (κ1) is 13.5. The van der Waals surface area contributed by atoms with Gasteiger partial charge in [-0.2, -0.15) is 0 Å². The molecule has 106 valence electrons. The van der Waals surface area contributed by atoms with Crippen molar-refractivity contribution in [3.05, 3.63) is 35.2 Å². The van der Waals surface area contributed by atoms with E-state index in [1.54, 1.807) is 7.11 Å². The Hall–Kier alpha value is -1.52. The maximum absolute atomic E-state index is 5.45. The van der Waals surface area contributed by atoms with Crippen LogP contribution in [-0.4, -0.2) is 33.4 Å². The fourth-order valence-electron chi connectivity index (χ4n) is 2.48. The molecule has 0 N–H and O–H groups in total. The van der Waals surface area contributed by atoms with Gasteiger partial charge in [0.15, 0.2) is 0 Å².